The number of carbonyl (C=O) groups is 1. The van der Waals surface area contributed by atoms with Crippen LogP contribution in [0.4, 0.5) is 0 Å². The fourth-order valence-corrected chi connectivity index (χ4v) is 2.80. The Morgan fingerprint density at radius 1 is 1.48 bits per heavy atom. The molecule has 0 radical (unpaired) electrons. The summed E-state index contributed by atoms with van der Waals surface area (Å²) in [6, 6.07) is 1.74. The average molecular weight is 294 g/mol. The number of aromatic nitrogens is 1. The lowest BCUT2D eigenvalue weighted by Gasteiger charge is -2.32. The van der Waals surface area contributed by atoms with Crippen molar-refractivity contribution >= 4 is 5.97 Å². The number of aromatic carboxylic acids is 1. The maximum atomic E-state index is 12.4. The first-order valence-electron chi connectivity index (χ1n) is 7.22. The molecule has 6 heteroatoms. The van der Waals surface area contributed by atoms with Crippen molar-refractivity contribution in [1.82, 2.24) is 9.47 Å². The van der Waals surface area contributed by atoms with E-state index in [-0.39, 0.29) is 11.7 Å². The molecule has 6 nitrogen and oxygen atoms in total. The van der Waals surface area contributed by atoms with Crippen molar-refractivity contribution in [3.8, 4) is 0 Å². The highest BCUT2D eigenvalue weighted by Crippen LogP contribution is 2.11. The molecule has 1 aliphatic rings. The zero-order valence-corrected chi connectivity index (χ0v) is 12.8. The van der Waals surface area contributed by atoms with Gasteiger partial charge in [-0.1, -0.05) is 6.92 Å². The molecule has 0 aliphatic carbocycles. The van der Waals surface area contributed by atoms with Crippen molar-refractivity contribution in [2.45, 2.75) is 33.4 Å². The third kappa shape index (κ3) is 3.33. The van der Waals surface area contributed by atoms with E-state index in [1.165, 1.54) is 4.57 Å². The molecule has 1 unspecified atom stereocenters. The molecule has 116 valence electrons. The first kappa shape index (κ1) is 15.7. The van der Waals surface area contributed by atoms with Crippen LogP contribution in [0.1, 0.15) is 28.5 Å². The second-order valence-electron chi connectivity index (χ2n) is 5.45. The smallest absolute Gasteiger partial charge is 0.341 e. The van der Waals surface area contributed by atoms with Gasteiger partial charge in [0.05, 0.1) is 19.3 Å². The number of nitrogens with zero attached hydrogens (tertiary/aromatic N) is 2. The number of likely N-dealkylation sites (N-methyl/N-ethyl adjacent to an activating group) is 1. The summed E-state index contributed by atoms with van der Waals surface area (Å²) in [6.45, 7) is 9.20. The molecule has 21 heavy (non-hydrogen) atoms. The van der Waals surface area contributed by atoms with Gasteiger partial charge in [0.25, 0.3) is 5.56 Å². The Bertz CT molecular complexity index is 594. The Labute approximate surface area is 123 Å². The van der Waals surface area contributed by atoms with E-state index in [1.807, 2.05) is 6.92 Å². The third-order valence-electron chi connectivity index (χ3n) is 3.97. The molecule has 1 aliphatic heterocycles. The number of ether oxygens (including phenoxy) is 1. The molecule has 2 heterocycles. The van der Waals surface area contributed by atoms with Crippen molar-refractivity contribution in [1.29, 1.82) is 0 Å². The van der Waals surface area contributed by atoms with Crippen LogP contribution in [0.5, 0.6) is 0 Å². The van der Waals surface area contributed by atoms with Crippen molar-refractivity contribution in [3.63, 3.8) is 0 Å². The Morgan fingerprint density at radius 2 is 2.19 bits per heavy atom. The first-order valence-corrected chi connectivity index (χ1v) is 7.22. The lowest BCUT2D eigenvalue weighted by Crippen LogP contribution is -2.45. The molecule has 0 spiro atoms. The van der Waals surface area contributed by atoms with Crippen molar-refractivity contribution in [2.75, 3.05) is 26.2 Å². The van der Waals surface area contributed by atoms with Crippen LogP contribution in [0.3, 0.4) is 0 Å². The van der Waals surface area contributed by atoms with E-state index < -0.39 is 11.5 Å². The minimum atomic E-state index is -1.18. The van der Waals surface area contributed by atoms with Gasteiger partial charge in [0, 0.05) is 18.8 Å². The quantitative estimate of drug-likeness (QED) is 0.892. The minimum Gasteiger partial charge on any atom is -0.477 e. The van der Waals surface area contributed by atoms with Gasteiger partial charge >= 0.3 is 5.97 Å². The second-order valence-corrected chi connectivity index (χ2v) is 5.45. The van der Waals surface area contributed by atoms with E-state index >= 15 is 0 Å². The summed E-state index contributed by atoms with van der Waals surface area (Å²) in [6.07, 6.45) is -0.0838. The fraction of sp³-hybridized carbons (Fsp3) is 0.600. The Kier molecular flexibility index (Phi) is 4.80. The lowest BCUT2D eigenvalue weighted by molar-refractivity contribution is -0.0350. The Balaban J connectivity index is 2.30. The van der Waals surface area contributed by atoms with Gasteiger partial charge in [-0.15, -0.1) is 0 Å². The summed E-state index contributed by atoms with van der Waals surface area (Å²) in [7, 11) is 0. The number of pyridine rings is 1. The molecule has 1 saturated heterocycles. The fourth-order valence-electron chi connectivity index (χ4n) is 2.80. The average Bonchev–Trinajstić information content (AvgIpc) is 2.43. The van der Waals surface area contributed by atoms with E-state index in [9.17, 15) is 14.7 Å². The van der Waals surface area contributed by atoms with Gasteiger partial charge < -0.3 is 14.4 Å². The highest BCUT2D eigenvalue weighted by molar-refractivity contribution is 5.88. The molecular formula is C15H22N2O4. The second kappa shape index (κ2) is 6.41. The number of morpholine rings is 1. The Hall–Kier alpha value is -1.66. The van der Waals surface area contributed by atoms with Gasteiger partial charge in [0.1, 0.15) is 5.56 Å². The number of hydrogen-bond acceptors (Lipinski definition) is 4. The largest absolute Gasteiger partial charge is 0.477 e. The SMILES string of the molecule is CCN1CCOC(Cn2c(C)cc(C)c(C(=O)O)c2=O)C1. The first-order chi connectivity index (χ1) is 9.93. The summed E-state index contributed by atoms with van der Waals surface area (Å²) in [4.78, 5) is 25.9. The number of rotatable bonds is 4. The highest BCUT2D eigenvalue weighted by Gasteiger charge is 2.23. The van der Waals surface area contributed by atoms with Gasteiger partial charge in [0.15, 0.2) is 0 Å². The van der Waals surface area contributed by atoms with Gasteiger partial charge in [0.2, 0.25) is 0 Å². The summed E-state index contributed by atoms with van der Waals surface area (Å²) < 4.78 is 7.22. The molecule has 1 aromatic heterocycles. The maximum absolute atomic E-state index is 12.4. The van der Waals surface area contributed by atoms with E-state index in [2.05, 4.69) is 11.8 Å². The molecular weight excluding hydrogens is 272 g/mol. The molecule has 1 fully saturated rings. The molecule has 1 atom stereocenters. The van der Waals surface area contributed by atoms with Crippen LogP contribution in [-0.4, -0.2) is 52.9 Å². The lowest BCUT2D eigenvalue weighted by atomic mass is 10.1. The molecule has 0 bridgehead atoms. The summed E-state index contributed by atoms with van der Waals surface area (Å²) >= 11 is 0. The van der Waals surface area contributed by atoms with E-state index in [0.29, 0.717) is 18.7 Å². The van der Waals surface area contributed by atoms with Gasteiger partial charge in [-0.05, 0) is 32.0 Å². The summed E-state index contributed by atoms with van der Waals surface area (Å²) in [5.74, 6) is -1.18. The van der Waals surface area contributed by atoms with Gasteiger partial charge in [-0.3, -0.25) is 9.69 Å². The Morgan fingerprint density at radius 3 is 2.81 bits per heavy atom. The predicted octanol–water partition coefficient (Wildman–Crippen LogP) is 0.884. The molecule has 0 aromatic carbocycles. The van der Waals surface area contributed by atoms with E-state index in [4.69, 9.17) is 4.74 Å². The standard InChI is InChI=1S/C15H22N2O4/c1-4-16-5-6-21-12(8-16)9-17-11(3)7-10(2)13(14(17)18)15(19)20/h7,12H,4-6,8-9H2,1-3H3,(H,19,20). The van der Waals surface area contributed by atoms with Crippen molar-refractivity contribution < 1.29 is 14.6 Å². The summed E-state index contributed by atoms with van der Waals surface area (Å²) in [5.41, 5.74) is 0.668. The van der Waals surface area contributed by atoms with Crippen molar-refractivity contribution in [3.05, 3.63) is 33.2 Å². The van der Waals surface area contributed by atoms with E-state index in [1.54, 1.807) is 13.0 Å². The number of aryl methyl sites for hydroxylation is 2. The van der Waals surface area contributed by atoms with Crippen LogP contribution >= 0.6 is 0 Å². The monoisotopic (exact) mass is 294 g/mol. The maximum Gasteiger partial charge on any atom is 0.341 e. The zero-order valence-electron chi connectivity index (χ0n) is 12.8. The highest BCUT2D eigenvalue weighted by atomic mass is 16.5. The molecule has 1 aromatic rings. The van der Waals surface area contributed by atoms with E-state index in [0.717, 1.165) is 25.3 Å². The minimum absolute atomic E-state index is 0.0838. The zero-order chi connectivity index (χ0) is 15.6. The van der Waals surface area contributed by atoms with Crippen LogP contribution in [0, 0.1) is 13.8 Å². The predicted molar refractivity (Wildman–Crippen MR) is 79.0 cm³/mol. The molecule has 1 N–H and O–H groups in total. The number of carboxylic acids is 1. The molecule has 0 amide bonds. The van der Waals surface area contributed by atoms with Gasteiger partial charge in [-0.2, -0.15) is 0 Å². The van der Waals surface area contributed by atoms with Crippen molar-refractivity contribution in [2.24, 2.45) is 0 Å². The summed E-state index contributed by atoms with van der Waals surface area (Å²) in [5, 5.41) is 9.19. The third-order valence-corrected chi connectivity index (χ3v) is 3.97. The topological polar surface area (TPSA) is 71.8 Å². The molecule has 0 saturated carbocycles. The van der Waals surface area contributed by atoms with Crippen LogP contribution in [-0.2, 0) is 11.3 Å². The molecule has 2 rings (SSSR count). The van der Waals surface area contributed by atoms with Crippen LogP contribution in [0.15, 0.2) is 10.9 Å². The van der Waals surface area contributed by atoms with Crippen LogP contribution < -0.4 is 5.56 Å². The van der Waals surface area contributed by atoms with Crippen LogP contribution in [0.25, 0.3) is 0 Å². The normalized spacial score (nSPS) is 19.7. The van der Waals surface area contributed by atoms with Crippen LogP contribution in [0.2, 0.25) is 0 Å². The number of carboxylic acid groups (broad SMARTS) is 1. The van der Waals surface area contributed by atoms with Gasteiger partial charge in [-0.25, -0.2) is 4.79 Å². The number of hydrogen-bond donors (Lipinski definition) is 1.